The van der Waals surface area contributed by atoms with Gasteiger partial charge in [0.25, 0.3) is 0 Å². The number of aromatic nitrogens is 3. The third-order valence-electron chi connectivity index (χ3n) is 7.47. The maximum Gasteiger partial charge on any atom is 0.222 e. The number of fused-ring (bicyclic) bond motifs is 3. The number of ether oxygens (including phenoxy) is 1. The van der Waals surface area contributed by atoms with Gasteiger partial charge in [-0.15, -0.1) is 0 Å². The van der Waals surface area contributed by atoms with Gasteiger partial charge >= 0.3 is 0 Å². The Bertz CT molecular complexity index is 1110. The highest BCUT2D eigenvalue weighted by molar-refractivity contribution is 5.80. The van der Waals surface area contributed by atoms with Gasteiger partial charge in [-0.1, -0.05) is 0 Å². The zero-order valence-corrected chi connectivity index (χ0v) is 18.5. The molecule has 1 aromatic rings. The van der Waals surface area contributed by atoms with Crippen LogP contribution < -0.4 is 21.3 Å². The van der Waals surface area contributed by atoms with E-state index in [1.165, 1.54) is 5.69 Å². The van der Waals surface area contributed by atoms with Crippen molar-refractivity contribution in [3.63, 3.8) is 0 Å². The van der Waals surface area contributed by atoms with E-state index in [1.807, 2.05) is 6.07 Å². The number of nitrogens with two attached hydrogens (primary N) is 1. The van der Waals surface area contributed by atoms with Crippen LogP contribution in [0.5, 0.6) is 0 Å². The molecule has 5 N–H and O–H groups in total. The van der Waals surface area contributed by atoms with Gasteiger partial charge in [0.2, 0.25) is 11.9 Å². The number of amides is 1. The van der Waals surface area contributed by atoms with Crippen LogP contribution in [0.15, 0.2) is 36.5 Å². The normalized spacial score (nSPS) is 26.6. The number of aromatic amines is 1. The highest BCUT2D eigenvalue weighted by Gasteiger charge is 2.50. The molecule has 3 fully saturated rings. The molecule has 2 aliphatic carbocycles. The number of carbonyl (C=O) groups excluding carboxylic acids is 1. The molecule has 0 spiro atoms. The van der Waals surface area contributed by atoms with Crippen LogP contribution in [-0.2, 0) is 9.53 Å². The van der Waals surface area contributed by atoms with E-state index >= 15 is 0 Å². The molecule has 0 aromatic heterocycles. The van der Waals surface area contributed by atoms with Crippen LogP contribution in [0.1, 0.15) is 19.3 Å². The van der Waals surface area contributed by atoms with E-state index in [4.69, 9.17) is 15.5 Å². The summed E-state index contributed by atoms with van der Waals surface area (Å²) < 4.78 is 5.44. The number of nitrogens with zero attached hydrogens (tertiary/aromatic N) is 3. The van der Waals surface area contributed by atoms with Crippen molar-refractivity contribution >= 4 is 29.0 Å². The maximum atomic E-state index is 12.2. The summed E-state index contributed by atoms with van der Waals surface area (Å²) in [6.45, 7) is 3.35. The first-order chi connectivity index (χ1) is 16.2. The first-order valence-corrected chi connectivity index (χ1v) is 11.8. The topological polar surface area (TPSA) is 121 Å². The standard InChI is InChI=1S/C24H29N7O2/c25-21(32)19-14-1-2-15(13-14)20(19)28-23-18-7-8-26-22(18)29-24(30-23)27-16-3-5-17(6-4-16)31-9-11-33-12-10-31/h3-8,14-15,19-20H,1-2,9-13H2,(H2,25,32)(H3,26,27,28,29,30). The molecule has 4 unspecified atom stereocenters. The van der Waals surface area contributed by atoms with Gasteiger partial charge in [-0.25, -0.2) is 4.98 Å². The minimum absolute atomic E-state index is 0.0231. The molecule has 33 heavy (non-hydrogen) atoms. The molecular weight excluding hydrogens is 418 g/mol. The molecule has 3 heterocycles. The Labute approximate surface area is 192 Å². The molecule has 3 aliphatic heterocycles. The lowest BCUT2D eigenvalue weighted by Gasteiger charge is -2.30. The zero-order valence-electron chi connectivity index (χ0n) is 18.5. The van der Waals surface area contributed by atoms with Crippen molar-refractivity contribution in [2.45, 2.75) is 25.3 Å². The van der Waals surface area contributed by atoms with E-state index in [9.17, 15) is 4.79 Å². The molecule has 5 aliphatic rings. The lowest BCUT2D eigenvalue weighted by Crippen LogP contribution is -2.42. The van der Waals surface area contributed by atoms with E-state index in [0.717, 1.165) is 68.5 Å². The molecule has 2 bridgehead atoms. The van der Waals surface area contributed by atoms with Gasteiger partial charge in [0.05, 0.1) is 24.7 Å². The number of benzene rings is 1. The van der Waals surface area contributed by atoms with Crippen molar-refractivity contribution in [2.75, 3.05) is 41.8 Å². The number of hydrogen-bond donors (Lipinski definition) is 4. The summed E-state index contributed by atoms with van der Waals surface area (Å²) in [7, 11) is 0. The van der Waals surface area contributed by atoms with Gasteiger partial charge in [0, 0.05) is 36.7 Å². The number of morpholine rings is 1. The molecule has 0 radical (unpaired) electrons. The smallest absolute Gasteiger partial charge is 0.222 e. The average molecular weight is 448 g/mol. The van der Waals surface area contributed by atoms with Crippen molar-refractivity contribution < 1.29 is 9.53 Å². The molecule has 6 rings (SSSR count). The highest BCUT2D eigenvalue weighted by Crippen LogP contribution is 2.49. The Morgan fingerprint density at radius 1 is 1.12 bits per heavy atom. The molecule has 2 saturated carbocycles. The third-order valence-corrected chi connectivity index (χ3v) is 7.47. The van der Waals surface area contributed by atoms with Crippen molar-refractivity contribution in [1.82, 2.24) is 15.0 Å². The fourth-order valence-electron chi connectivity index (χ4n) is 5.89. The van der Waals surface area contributed by atoms with Gasteiger partial charge in [-0.2, -0.15) is 4.98 Å². The fourth-order valence-corrected chi connectivity index (χ4v) is 5.89. The Balaban J connectivity index is 1.24. The van der Waals surface area contributed by atoms with Crippen LogP contribution in [0.3, 0.4) is 0 Å². The van der Waals surface area contributed by atoms with E-state index in [1.54, 1.807) is 6.20 Å². The van der Waals surface area contributed by atoms with Crippen molar-refractivity contribution in [1.29, 1.82) is 0 Å². The number of primary amides is 1. The Kier molecular flexibility index (Phi) is 5.05. The second-order valence-electron chi connectivity index (χ2n) is 9.34. The van der Waals surface area contributed by atoms with E-state index in [-0.39, 0.29) is 17.9 Å². The summed E-state index contributed by atoms with van der Waals surface area (Å²) in [5, 5.41) is 6.95. The largest absolute Gasteiger partial charge is 0.378 e. The lowest BCUT2D eigenvalue weighted by atomic mass is 9.84. The van der Waals surface area contributed by atoms with Crippen LogP contribution in [-0.4, -0.2) is 53.2 Å². The lowest BCUT2D eigenvalue weighted by molar-refractivity contribution is -0.123. The number of carbonyl (C=O) groups is 1. The highest BCUT2D eigenvalue weighted by atomic mass is 16.5. The van der Waals surface area contributed by atoms with Crippen LogP contribution in [0.25, 0.3) is 11.4 Å². The van der Waals surface area contributed by atoms with Crippen LogP contribution >= 0.6 is 0 Å². The number of hydrogen-bond acceptors (Lipinski definition) is 7. The van der Waals surface area contributed by atoms with E-state index in [2.05, 4.69) is 49.8 Å². The van der Waals surface area contributed by atoms with E-state index in [0.29, 0.717) is 17.8 Å². The number of H-pyrrole nitrogens is 1. The van der Waals surface area contributed by atoms with Crippen LogP contribution in [0, 0.1) is 17.8 Å². The van der Waals surface area contributed by atoms with Gasteiger partial charge in [0.15, 0.2) is 0 Å². The third kappa shape index (κ3) is 3.76. The van der Waals surface area contributed by atoms with Crippen LogP contribution in [0.2, 0.25) is 0 Å². The Morgan fingerprint density at radius 2 is 1.91 bits per heavy atom. The number of rotatable bonds is 6. The minimum Gasteiger partial charge on any atom is -0.378 e. The molecule has 1 saturated heterocycles. The summed E-state index contributed by atoms with van der Waals surface area (Å²) in [5.41, 5.74) is 8.81. The van der Waals surface area contributed by atoms with Gasteiger partial charge in [-0.05, 0) is 61.4 Å². The van der Waals surface area contributed by atoms with Crippen molar-refractivity contribution in [3.05, 3.63) is 36.5 Å². The first kappa shape index (κ1) is 20.3. The molecule has 172 valence electrons. The molecule has 4 atom stereocenters. The predicted molar refractivity (Wildman–Crippen MR) is 127 cm³/mol. The van der Waals surface area contributed by atoms with Crippen molar-refractivity contribution in [2.24, 2.45) is 23.5 Å². The molecular formula is C24H29N7O2. The molecule has 9 heteroatoms. The number of anilines is 4. The fraction of sp³-hybridized carbons (Fsp3) is 0.458. The van der Waals surface area contributed by atoms with Gasteiger partial charge < -0.3 is 31.0 Å². The molecule has 1 aromatic carbocycles. The van der Waals surface area contributed by atoms with E-state index < -0.39 is 0 Å². The molecule has 1 amide bonds. The second-order valence-corrected chi connectivity index (χ2v) is 9.34. The van der Waals surface area contributed by atoms with Gasteiger partial charge in [-0.3, -0.25) is 4.79 Å². The van der Waals surface area contributed by atoms with Gasteiger partial charge in [0.1, 0.15) is 11.6 Å². The summed E-state index contributed by atoms with van der Waals surface area (Å²) in [4.78, 5) is 27.0. The quantitative estimate of drug-likeness (QED) is 0.458. The molecule has 9 nitrogen and oxygen atoms in total. The minimum atomic E-state index is -0.210. The summed E-state index contributed by atoms with van der Waals surface area (Å²) in [6, 6.07) is 10.3. The Hall–Kier alpha value is -3.33. The average Bonchev–Trinajstić information content (AvgIpc) is 3.56. The SMILES string of the molecule is NC(=O)C1C2CCC(C2)C1Nc1nc(Nc2ccc(N3CCOCC3)cc2)[nH]c2nccc1-2. The summed E-state index contributed by atoms with van der Waals surface area (Å²) in [6.07, 6.45) is 5.05. The second kappa shape index (κ2) is 8.22. The zero-order chi connectivity index (χ0) is 22.4. The summed E-state index contributed by atoms with van der Waals surface area (Å²) in [5.74, 6) is 2.57. The first-order valence-electron chi connectivity index (χ1n) is 11.8. The Morgan fingerprint density at radius 3 is 2.70 bits per heavy atom. The van der Waals surface area contributed by atoms with Crippen molar-refractivity contribution in [3.8, 4) is 11.4 Å². The predicted octanol–water partition coefficient (Wildman–Crippen LogP) is 2.80. The monoisotopic (exact) mass is 447 g/mol. The maximum absolute atomic E-state index is 12.2. The van der Waals surface area contributed by atoms with Crippen LogP contribution in [0.4, 0.5) is 23.1 Å². The summed E-state index contributed by atoms with van der Waals surface area (Å²) >= 11 is 0. The number of nitrogens with one attached hydrogen (secondary N) is 3.